The van der Waals surface area contributed by atoms with Gasteiger partial charge in [-0.1, -0.05) is 30.6 Å². The van der Waals surface area contributed by atoms with Crippen molar-refractivity contribution in [3.63, 3.8) is 0 Å². The maximum atomic E-state index is 13.4. The summed E-state index contributed by atoms with van der Waals surface area (Å²) in [5.41, 5.74) is 11.9. The van der Waals surface area contributed by atoms with Gasteiger partial charge in [0.15, 0.2) is 11.6 Å². The summed E-state index contributed by atoms with van der Waals surface area (Å²) in [7, 11) is 7.15. The Bertz CT molecular complexity index is 2960. The van der Waals surface area contributed by atoms with Crippen molar-refractivity contribution in [1.29, 1.82) is 0 Å². The number of halogens is 4. The fraction of sp³-hybridized carbons (Fsp3) is 0.326. The van der Waals surface area contributed by atoms with Crippen LogP contribution in [0.5, 0.6) is 0 Å². The number of carbonyl (C=O) groups is 4. The lowest BCUT2D eigenvalue weighted by Gasteiger charge is -2.24. The summed E-state index contributed by atoms with van der Waals surface area (Å²) in [6.07, 6.45) is 16.5. The van der Waals surface area contributed by atoms with Crippen LogP contribution in [-0.4, -0.2) is 72.1 Å². The molecule has 7 N–H and O–H groups in total. The molecule has 0 saturated carbocycles. The molecule has 0 spiro atoms. The van der Waals surface area contributed by atoms with Crippen LogP contribution in [0.2, 0.25) is 10.0 Å². The van der Waals surface area contributed by atoms with Gasteiger partial charge in [0.2, 0.25) is 0 Å². The highest BCUT2D eigenvalue weighted by Gasteiger charge is 2.30. The summed E-state index contributed by atoms with van der Waals surface area (Å²) in [4.78, 5) is 61.2. The Hall–Kier alpha value is -7.43. The van der Waals surface area contributed by atoms with Crippen molar-refractivity contribution in [2.75, 3.05) is 10.6 Å². The maximum Gasteiger partial charge on any atom is 0.327 e. The third-order valence-electron chi connectivity index (χ3n) is 11.2. The van der Waals surface area contributed by atoms with Crippen molar-refractivity contribution < 1.29 is 28.0 Å². The number of hydrogen-bond donors (Lipinski definition) is 6. The lowest BCUT2D eigenvalue weighted by atomic mass is 9.89. The third-order valence-corrected chi connectivity index (χ3v) is 11.8. The van der Waals surface area contributed by atoms with Crippen molar-refractivity contribution >= 4 is 58.5 Å². The van der Waals surface area contributed by atoms with Crippen LogP contribution in [0.3, 0.4) is 0 Å². The summed E-state index contributed by atoms with van der Waals surface area (Å²) in [6, 6.07) is 7.34. The maximum absolute atomic E-state index is 13.4. The Balaban J connectivity index is 0.000000183. The summed E-state index contributed by atoms with van der Waals surface area (Å²) in [6.45, 7) is 0.521. The molecule has 2 aliphatic carbocycles. The number of fused-ring (bicyclic) bond motifs is 2. The number of aryl methyl sites for hydroxylation is 4. The van der Waals surface area contributed by atoms with Crippen molar-refractivity contribution in [2.24, 2.45) is 33.9 Å². The fourth-order valence-electron chi connectivity index (χ4n) is 8.04. The van der Waals surface area contributed by atoms with Gasteiger partial charge in [0.05, 0.1) is 29.2 Å². The molecule has 24 heteroatoms. The van der Waals surface area contributed by atoms with E-state index >= 15 is 0 Å². The number of carbonyl (C=O) groups excluding carboxylic acids is 4. The molecular weight excluding hydrogens is 950 g/mol. The van der Waals surface area contributed by atoms with E-state index in [1.54, 1.807) is 64.7 Å². The predicted octanol–water partition coefficient (Wildman–Crippen LogP) is 6.89. The second-order valence-corrected chi connectivity index (χ2v) is 17.1. The van der Waals surface area contributed by atoms with Gasteiger partial charge in [0.25, 0.3) is 11.8 Å². The minimum atomic E-state index is -0.549. The van der Waals surface area contributed by atoms with Crippen molar-refractivity contribution in [3.8, 4) is 0 Å². The van der Waals surface area contributed by atoms with Gasteiger partial charge < -0.3 is 41.5 Å². The van der Waals surface area contributed by atoms with Crippen molar-refractivity contribution in [1.82, 2.24) is 64.2 Å². The highest BCUT2D eigenvalue weighted by atomic mass is 35.5. The Morgan fingerprint density at radius 2 is 1.24 bits per heavy atom. The number of aromatic nitrogens is 10. The topological polar surface area (TPSA) is 244 Å². The first-order valence-electron chi connectivity index (χ1n) is 21.7. The summed E-state index contributed by atoms with van der Waals surface area (Å²) < 4.78 is 34.6. The minimum absolute atomic E-state index is 0. The number of nitrogens with one attached hydrogen (secondary N) is 5. The number of rotatable bonds is 9. The Morgan fingerprint density at radius 1 is 0.729 bits per heavy atom. The minimum Gasteiger partial charge on any atom is -0.346 e. The van der Waals surface area contributed by atoms with E-state index in [0.717, 1.165) is 60.8 Å². The number of amides is 5. The van der Waals surface area contributed by atoms with Crippen molar-refractivity contribution in [2.45, 2.75) is 71.1 Å². The highest BCUT2D eigenvalue weighted by Crippen LogP contribution is 2.34. The van der Waals surface area contributed by atoms with E-state index in [1.165, 1.54) is 47.3 Å². The first-order chi connectivity index (χ1) is 33.0. The molecule has 0 saturated heterocycles. The molecule has 9 rings (SSSR count). The number of benzene rings is 2. The van der Waals surface area contributed by atoms with E-state index in [9.17, 15) is 28.0 Å². The normalized spacial score (nSPS) is 14.5. The second kappa shape index (κ2) is 23.2. The van der Waals surface area contributed by atoms with E-state index in [-0.39, 0.29) is 60.0 Å². The van der Waals surface area contributed by atoms with Crippen molar-refractivity contribution in [3.05, 3.63) is 147 Å². The van der Waals surface area contributed by atoms with Gasteiger partial charge in [0.1, 0.15) is 42.0 Å². The van der Waals surface area contributed by atoms with Gasteiger partial charge >= 0.3 is 12.1 Å². The third kappa shape index (κ3) is 12.8. The number of urea groups is 1. The molecule has 7 aromatic rings. The molecule has 2 aliphatic rings. The zero-order valence-electron chi connectivity index (χ0n) is 38.0. The molecule has 2 unspecified atom stereocenters. The number of hydrogen-bond acceptors (Lipinski definition) is 10. The Kier molecular flexibility index (Phi) is 17.3. The summed E-state index contributed by atoms with van der Waals surface area (Å²) in [5, 5.41) is 22.0. The lowest BCUT2D eigenvalue weighted by Crippen LogP contribution is -2.38. The monoisotopic (exact) mass is 1000 g/mol. The zero-order valence-corrected chi connectivity index (χ0v) is 39.5. The molecule has 0 bridgehead atoms. The molecule has 2 atom stereocenters. The number of nitrogens with zero attached hydrogens (tertiary/aromatic N) is 10. The molecule has 5 heterocycles. The lowest BCUT2D eigenvalue weighted by molar-refractivity contribution is 0.101. The van der Waals surface area contributed by atoms with Crippen LogP contribution >= 0.6 is 23.2 Å². The number of anilines is 2. The highest BCUT2D eigenvalue weighted by molar-refractivity contribution is 6.31. The predicted molar refractivity (Wildman–Crippen MR) is 259 cm³/mol. The average molecular weight is 1000 g/mol. The summed E-state index contributed by atoms with van der Waals surface area (Å²) >= 11 is 11.6. The molecule has 70 heavy (non-hydrogen) atoms. The Morgan fingerprint density at radius 3 is 1.74 bits per heavy atom. The van der Waals surface area contributed by atoms with Crippen LogP contribution in [-0.2, 0) is 54.1 Å². The van der Waals surface area contributed by atoms with Gasteiger partial charge in [-0.2, -0.15) is 10.2 Å². The first-order valence-corrected chi connectivity index (χ1v) is 22.4. The van der Waals surface area contributed by atoms with Gasteiger partial charge in [-0.25, -0.2) is 33.3 Å². The molecule has 0 fully saturated rings. The quantitative estimate of drug-likeness (QED) is 0.0875. The molecule has 5 amide bonds. The molecule has 5 aromatic heterocycles. The molecule has 0 aliphatic heterocycles. The molecular formula is C46H54Cl2F2N16O4. The molecule has 20 nitrogen and oxygen atoms in total. The van der Waals surface area contributed by atoms with E-state index in [2.05, 4.69) is 51.7 Å². The largest absolute Gasteiger partial charge is 0.346 e. The zero-order chi connectivity index (χ0) is 49.4. The van der Waals surface area contributed by atoms with Crippen LogP contribution < -0.4 is 32.3 Å². The van der Waals surface area contributed by atoms with Gasteiger partial charge in [0, 0.05) is 70.4 Å². The van der Waals surface area contributed by atoms with Gasteiger partial charge in [-0.05, 0) is 97.2 Å². The summed E-state index contributed by atoms with van der Waals surface area (Å²) in [5.74, 6) is -0.519. The van der Waals surface area contributed by atoms with Crippen LogP contribution in [0.1, 0.15) is 100 Å². The van der Waals surface area contributed by atoms with Gasteiger partial charge in [-0.15, -0.1) is 0 Å². The standard InChI is InChI=1S/C21H23ClFN7O2.C16H17ClFN3O.C8H10N6O.CH4/c1-29-10-14-13(19(29)20(31)26-12-6-7-16(23)15(22)8-12)4-3-5-17(14)27-21(32)24-9-18-25-11-30(2)28-18;1-21-8-11-10(3-2-4-14(11)19)15(21)16(22)20-9-5-6-13(18)12(17)7-9;1-13-6-11-7(12-13)4-10-8(15)14-3-2-9-5-14;/h6-8,10-11,17H,3-5,9H2,1-2H3,(H,26,31)(H2,24,27,32);5-8,14H,2-4,19H2,1H3,(H,20,22);2-3,5-6H,4H2,1H3,(H,10,15);1H4. The van der Waals surface area contributed by atoms with Crippen LogP contribution in [0.25, 0.3) is 0 Å². The number of nitrogens with two attached hydrogens (primary N) is 1. The van der Waals surface area contributed by atoms with E-state index in [1.807, 2.05) is 19.4 Å². The van der Waals surface area contributed by atoms with E-state index in [0.29, 0.717) is 41.0 Å². The second-order valence-electron chi connectivity index (χ2n) is 16.3. The van der Waals surface area contributed by atoms with E-state index < -0.39 is 11.6 Å². The average Bonchev–Trinajstić information content (AvgIpc) is 4.17. The van der Waals surface area contributed by atoms with Crippen LogP contribution in [0, 0.1) is 11.6 Å². The van der Waals surface area contributed by atoms with Crippen LogP contribution in [0.15, 0.2) is 80.2 Å². The molecule has 370 valence electrons. The smallest absolute Gasteiger partial charge is 0.327 e. The van der Waals surface area contributed by atoms with Gasteiger partial charge in [-0.3, -0.25) is 23.5 Å². The number of imidazole rings is 1. The molecule has 2 aromatic carbocycles. The first kappa shape index (κ1) is 52.0. The molecule has 0 radical (unpaired) electrons. The fourth-order valence-corrected chi connectivity index (χ4v) is 8.40. The van der Waals surface area contributed by atoms with E-state index in [4.69, 9.17) is 28.9 Å². The van der Waals surface area contributed by atoms with Crippen LogP contribution in [0.4, 0.5) is 29.7 Å². The Labute approximate surface area is 412 Å². The SMILES string of the molecule is C.Cn1cc2c(c1C(=O)Nc1ccc(F)c(Cl)c1)CCCC2N.Cn1cnc(CNC(=O)NC2CCCc3c2cn(C)c3C(=O)Nc2ccc(F)c(Cl)c2)n1.Cn1cnc(CNC(=O)n2ccnc2)n1.